The van der Waals surface area contributed by atoms with E-state index in [4.69, 9.17) is 20.7 Å². The minimum absolute atomic E-state index is 0.00524. The minimum Gasteiger partial charge on any atom is -0.464 e. The van der Waals surface area contributed by atoms with Gasteiger partial charge in [-0.3, -0.25) is 24.1 Å². The average Bonchev–Trinajstić information content (AvgIpc) is 3.51. The zero-order valence-corrected chi connectivity index (χ0v) is 37.4. The second kappa shape index (κ2) is 18.1. The molecule has 6 aromatic rings. The Kier molecular flexibility index (Phi) is 13.0. The number of hydrogen-bond acceptors (Lipinski definition) is 11. The first kappa shape index (κ1) is 41.5. The lowest BCUT2D eigenvalue weighted by molar-refractivity contribution is -0.143. The molecule has 8 rings (SSSR count). The lowest BCUT2D eigenvalue weighted by Crippen LogP contribution is -2.37. The van der Waals surface area contributed by atoms with Crippen molar-refractivity contribution in [3.8, 4) is 22.8 Å². The van der Waals surface area contributed by atoms with Gasteiger partial charge in [0.15, 0.2) is 0 Å². The van der Waals surface area contributed by atoms with Crippen molar-refractivity contribution in [3.05, 3.63) is 128 Å². The highest BCUT2D eigenvalue weighted by Gasteiger charge is 2.36. The number of halogens is 2. The van der Waals surface area contributed by atoms with Gasteiger partial charge in [0.05, 0.1) is 28.5 Å². The summed E-state index contributed by atoms with van der Waals surface area (Å²) in [6.45, 7) is 6.39. The van der Waals surface area contributed by atoms with Gasteiger partial charge in [-0.1, -0.05) is 56.1 Å². The first-order chi connectivity index (χ1) is 27.9. The molecule has 0 spiro atoms. The molecule has 300 valence electrons. The average molecular weight is 946 g/mol. The Bertz CT molecular complexity index is 2450. The van der Waals surface area contributed by atoms with Crippen molar-refractivity contribution in [2.24, 2.45) is 19.8 Å². The van der Waals surface area contributed by atoms with Crippen molar-refractivity contribution in [2.75, 3.05) is 28.7 Å². The van der Waals surface area contributed by atoms with Gasteiger partial charge in [0.1, 0.15) is 35.1 Å². The fourth-order valence-corrected chi connectivity index (χ4v) is 11.0. The SMILES string of the molecule is CCOC(=O)[C@@H]1CS[C@@H](c2ccc(Br)cc2C)c2c(-c3ccccn3)nn(C)c2N1.Cc1cc(Br)ccc1[C@@H]1SC[C@@H](C(N)=O)Nc2c1c(-c1ccccn1)nn2C. The third kappa shape index (κ3) is 8.70. The predicted molar refractivity (Wildman–Crippen MR) is 240 cm³/mol. The van der Waals surface area contributed by atoms with Gasteiger partial charge in [-0.25, -0.2) is 4.79 Å². The summed E-state index contributed by atoms with van der Waals surface area (Å²) < 4.78 is 11.0. The molecular formula is C42H43Br2N9O3S2. The summed E-state index contributed by atoms with van der Waals surface area (Å²) in [6, 6.07) is 23.3. The number of ether oxygens (including phenoxy) is 1. The third-order valence-corrected chi connectivity index (χ3v) is 13.6. The van der Waals surface area contributed by atoms with E-state index in [0.717, 1.165) is 54.5 Å². The number of fused-ring (bicyclic) bond motifs is 2. The predicted octanol–water partition coefficient (Wildman–Crippen LogP) is 8.39. The number of benzene rings is 2. The highest BCUT2D eigenvalue weighted by Crippen LogP contribution is 2.49. The van der Waals surface area contributed by atoms with Crippen LogP contribution in [0.1, 0.15) is 50.8 Å². The number of nitrogens with two attached hydrogens (primary N) is 1. The smallest absolute Gasteiger partial charge is 0.329 e. The number of rotatable bonds is 7. The van der Waals surface area contributed by atoms with Crippen LogP contribution in [0.3, 0.4) is 0 Å². The Morgan fingerprint density at radius 1 is 0.759 bits per heavy atom. The number of pyridine rings is 2. The Morgan fingerprint density at radius 3 is 1.64 bits per heavy atom. The lowest BCUT2D eigenvalue weighted by atomic mass is 9.98. The Labute approximate surface area is 362 Å². The van der Waals surface area contributed by atoms with Crippen molar-refractivity contribution in [2.45, 2.75) is 43.4 Å². The molecular weight excluding hydrogens is 902 g/mol. The van der Waals surface area contributed by atoms with Crippen LogP contribution >= 0.6 is 55.4 Å². The van der Waals surface area contributed by atoms with Gasteiger partial charge in [0.25, 0.3) is 0 Å². The Balaban J connectivity index is 0.000000177. The van der Waals surface area contributed by atoms with Gasteiger partial charge in [0.2, 0.25) is 5.91 Å². The molecule has 0 unspecified atom stereocenters. The number of esters is 1. The number of aryl methyl sites for hydroxylation is 4. The number of primary amides is 1. The van der Waals surface area contributed by atoms with E-state index in [1.54, 1.807) is 45.3 Å². The lowest BCUT2D eigenvalue weighted by Gasteiger charge is -2.19. The number of carbonyl (C=O) groups is 2. The standard InChI is InChI=1S/C22H23BrN4O2S.C20H20BrN5OS/c1-4-29-22(28)17-12-30-20(15-9-8-14(23)11-13(15)2)18-19(16-7-5-6-10-24-16)26-27(3)21(18)25-17;1-11-9-12(21)6-7-13(11)18-16-17(14-5-3-4-8-23-14)25-26(2)20(16)24-15(10-28-18)19(22)27/h5-11,17,20,25H,4,12H2,1-3H3;3-9,15,18,24H,10H2,1-2H3,(H2,22,27)/t17-,20-;15-,18-/m00/s1. The zero-order chi connectivity index (χ0) is 41.1. The van der Waals surface area contributed by atoms with Gasteiger partial charge >= 0.3 is 5.97 Å². The summed E-state index contributed by atoms with van der Waals surface area (Å²) in [5, 5.41) is 16.2. The second-order valence-corrected chi connectivity index (χ2v) is 18.0. The largest absolute Gasteiger partial charge is 0.464 e. The molecule has 4 aromatic heterocycles. The molecule has 2 aliphatic rings. The van der Waals surface area contributed by atoms with E-state index in [9.17, 15) is 9.59 Å². The van der Waals surface area contributed by atoms with Gasteiger partial charge in [0, 0.05) is 58.1 Å². The number of nitrogens with zero attached hydrogens (tertiary/aromatic N) is 6. The van der Waals surface area contributed by atoms with Crippen molar-refractivity contribution >= 4 is 78.9 Å². The summed E-state index contributed by atoms with van der Waals surface area (Å²) in [7, 11) is 3.76. The fraction of sp³-hybridized carbons (Fsp3) is 0.286. The fourth-order valence-electron chi connectivity index (χ4n) is 7.15. The highest BCUT2D eigenvalue weighted by molar-refractivity contribution is 9.10. The minimum atomic E-state index is -0.462. The highest BCUT2D eigenvalue weighted by atomic mass is 79.9. The number of anilines is 2. The summed E-state index contributed by atoms with van der Waals surface area (Å²) in [6.07, 6.45) is 3.54. The first-order valence-electron chi connectivity index (χ1n) is 18.7. The van der Waals surface area contributed by atoms with E-state index in [2.05, 4.69) is 96.6 Å². The van der Waals surface area contributed by atoms with Gasteiger partial charge < -0.3 is 21.1 Å². The van der Waals surface area contributed by atoms with Crippen LogP contribution < -0.4 is 16.4 Å². The van der Waals surface area contributed by atoms with Crippen LogP contribution in [0.25, 0.3) is 22.8 Å². The van der Waals surface area contributed by atoms with E-state index in [1.165, 1.54) is 22.3 Å². The third-order valence-electron chi connectivity index (χ3n) is 9.93. The van der Waals surface area contributed by atoms with Crippen LogP contribution in [0, 0.1) is 13.8 Å². The maximum absolute atomic E-state index is 12.6. The number of nitrogens with one attached hydrogen (secondary N) is 2. The molecule has 1 amide bonds. The van der Waals surface area contributed by atoms with Crippen molar-refractivity contribution in [3.63, 3.8) is 0 Å². The van der Waals surface area contributed by atoms with E-state index in [0.29, 0.717) is 18.1 Å². The molecule has 12 nitrogen and oxygen atoms in total. The van der Waals surface area contributed by atoms with Crippen molar-refractivity contribution < 1.29 is 14.3 Å². The molecule has 2 aliphatic heterocycles. The molecule has 0 radical (unpaired) electrons. The summed E-state index contributed by atoms with van der Waals surface area (Å²) in [4.78, 5) is 33.6. The van der Waals surface area contributed by atoms with E-state index in [1.807, 2.05) is 63.5 Å². The van der Waals surface area contributed by atoms with Crippen molar-refractivity contribution in [1.82, 2.24) is 29.5 Å². The number of aromatic nitrogens is 6. The van der Waals surface area contributed by atoms with Crippen LogP contribution in [0.4, 0.5) is 11.6 Å². The normalized spacial score (nSPS) is 18.5. The molecule has 0 aliphatic carbocycles. The van der Waals surface area contributed by atoms with E-state index >= 15 is 0 Å². The molecule has 16 heteroatoms. The van der Waals surface area contributed by atoms with Crippen molar-refractivity contribution in [1.29, 1.82) is 0 Å². The number of carbonyl (C=O) groups excluding carboxylic acids is 2. The van der Waals surface area contributed by atoms with Gasteiger partial charge in [-0.05, 0) is 91.6 Å². The van der Waals surface area contributed by atoms with Crippen LogP contribution in [0.15, 0.2) is 94.1 Å². The van der Waals surface area contributed by atoms with Gasteiger partial charge in [-0.15, -0.1) is 23.5 Å². The quantitative estimate of drug-likeness (QED) is 0.132. The van der Waals surface area contributed by atoms with Crippen LogP contribution in [-0.4, -0.2) is 71.6 Å². The number of thioether (sulfide) groups is 2. The van der Waals surface area contributed by atoms with Crippen LogP contribution in [0.2, 0.25) is 0 Å². The summed E-state index contributed by atoms with van der Waals surface area (Å²) in [5.41, 5.74) is 15.7. The maximum Gasteiger partial charge on any atom is 0.329 e. The molecule has 0 fully saturated rings. The number of amides is 1. The van der Waals surface area contributed by atoms with Gasteiger partial charge in [-0.2, -0.15) is 10.2 Å². The van der Waals surface area contributed by atoms with E-state index in [-0.39, 0.29) is 22.4 Å². The molecule has 6 heterocycles. The molecule has 4 N–H and O–H groups in total. The summed E-state index contributed by atoms with van der Waals surface area (Å²) in [5.74, 6) is 2.19. The summed E-state index contributed by atoms with van der Waals surface area (Å²) >= 11 is 10.5. The first-order valence-corrected chi connectivity index (χ1v) is 22.3. The topological polar surface area (TPSA) is 155 Å². The number of hydrogen-bond donors (Lipinski definition) is 3. The Hall–Kier alpha value is -4.64. The van der Waals surface area contributed by atoms with Crippen LogP contribution in [0.5, 0.6) is 0 Å². The molecule has 4 atom stereocenters. The molecule has 58 heavy (non-hydrogen) atoms. The Morgan fingerprint density at radius 2 is 1.22 bits per heavy atom. The maximum atomic E-state index is 12.6. The molecule has 0 saturated carbocycles. The van der Waals surface area contributed by atoms with Crippen LogP contribution in [-0.2, 0) is 28.4 Å². The molecule has 0 saturated heterocycles. The molecule has 2 aromatic carbocycles. The monoisotopic (exact) mass is 943 g/mol. The molecule has 0 bridgehead atoms. The second-order valence-electron chi connectivity index (χ2n) is 13.9. The van der Waals surface area contributed by atoms with E-state index < -0.39 is 12.1 Å². The zero-order valence-electron chi connectivity index (χ0n) is 32.6.